The summed E-state index contributed by atoms with van der Waals surface area (Å²) in [6.07, 6.45) is 1.67. The summed E-state index contributed by atoms with van der Waals surface area (Å²) in [5.74, 6) is 0.444. The van der Waals surface area contributed by atoms with Crippen molar-refractivity contribution in [3.05, 3.63) is 53.7 Å². The van der Waals surface area contributed by atoms with Gasteiger partial charge in [0.15, 0.2) is 0 Å². The summed E-state index contributed by atoms with van der Waals surface area (Å²) < 4.78 is 12.9. The van der Waals surface area contributed by atoms with E-state index in [0.29, 0.717) is 0 Å². The number of hydrogen-bond acceptors (Lipinski definition) is 1. The summed E-state index contributed by atoms with van der Waals surface area (Å²) in [6.45, 7) is 5.46. The van der Waals surface area contributed by atoms with E-state index in [1.807, 2.05) is 6.92 Å². The molecule has 65 valence electrons. The minimum Gasteiger partial charge on any atom is -0.206 e. The van der Waals surface area contributed by atoms with Crippen LogP contribution in [0.3, 0.4) is 0 Å². The molecule has 0 N–H and O–H groups in total. The van der Waals surface area contributed by atoms with Crippen LogP contribution in [-0.4, -0.2) is 0 Å². The summed E-state index contributed by atoms with van der Waals surface area (Å²) in [5, 5.41) is 8.57. The number of nitriles is 1. The van der Waals surface area contributed by atoms with Crippen molar-refractivity contribution in [2.75, 3.05) is 0 Å². The van der Waals surface area contributed by atoms with Crippen molar-refractivity contribution in [2.45, 2.75) is 6.92 Å². The van der Waals surface area contributed by atoms with Gasteiger partial charge >= 0.3 is 0 Å². The largest absolute Gasteiger partial charge is 0.206 e. The standard InChI is InChI=1S/C11H9FN/c1-3-8(2)9-4-5-11(12)10(6-9)7-13/h3-6H,1H2,2H3. The molecule has 0 atom stereocenters. The molecule has 1 aromatic carbocycles. The van der Waals surface area contributed by atoms with Crippen LogP contribution in [0.15, 0.2) is 30.9 Å². The third-order valence-corrected chi connectivity index (χ3v) is 1.85. The highest BCUT2D eigenvalue weighted by molar-refractivity contribution is 5.42. The number of nitrogens with zero attached hydrogens (tertiary/aromatic N) is 1. The third kappa shape index (κ3) is 1.94. The zero-order valence-corrected chi connectivity index (χ0v) is 7.34. The Labute approximate surface area is 77.1 Å². The van der Waals surface area contributed by atoms with Crippen molar-refractivity contribution in [1.29, 1.82) is 5.26 Å². The number of rotatable bonds is 2. The third-order valence-electron chi connectivity index (χ3n) is 1.85. The normalized spacial score (nSPS) is 9.69. The predicted molar refractivity (Wildman–Crippen MR) is 49.3 cm³/mol. The van der Waals surface area contributed by atoms with E-state index >= 15 is 0 Å². The van der Waals surface area contributed by atoms with Gasteiger partial charge in [0.25, 0.3) is 0 Å². The Kier molecular flexibility index (Phi) is 2.81. The Morgan fingerprint density at radius 1 is 1.62 bits per heavy atom. The Hall–Kier alpha value is -1.62. The molecular weight excluding hydrogens is 165 g/mol. The van der Waals surface area contributed by atoms with Crippen LogP contribution in [0.1, 0.15) is 18.1 Å². The van der Waals surface area contributed by atoms with Gasteiger partial charge in [0.05, 0.1) is 5.56 Å². The van der Waals surface area contributed by atoms with E-state index in [1.54, 1.807) is 18.2 Å². The molecule has 0 bridgehead atoms. The first-order chi connectivity index (χ1) is 6.19. The van der Waals surface area contributed by atoms with Gasteiger partial charge in [-0.1, -0.05) is 19.1 Å². The second-order valence-corrected chi connectivity index (χ2v) is 2.69. The number of benzene rings is 1. The lowest BCUT2D eigenvalue weighted by Gasteiger charge is -2.05. The number of halogens is 1. The van der Waals surface area contributed by atoms with Crippen LogP contribution in [0.2, 0.25) is 0 Å². The molecule has 0 unspecified atom stereocenters. The predicted octanol–water partition coefficient (Wildman–Crippen LogP) is 2.83. The molecule has 1 rings (SSSR count). The van der Waals surface area contributed by atoms with Gasteiger partial charge in [0, 0.05) is 5.92 Å². The van der Waals surface area contributed by atoms with E-state index in [9.17, 15) is 4.39 Å². The molecule has 1 aromatic rings. The Bertz CT molecular complexity index is 363. The molecule has 0 saturated heterocycles. The smallest absolute Gasteiger partial charge is 0.140 e. The molecule has 1 radical (unpaired) electrons. The molecule has 0 aliphatic carbocycles. The van der Waals surface area contributed by atoms with Crippen LogP contribution < -0.4 is 0 Å². The van der Waals surface area contributed by atoms with Gasteiger partial charge in [0.1, 0.15) is 11.9 Å². The first-order valence-electron chi connectivity index (χ1n) is 3.85. The average Bonchev–Trinajstić information content (AvgIpc) is 2.17. The van der Waals surface area contributed by atoms with Crippen LogP contribution in [0.5, 0.6) is 0 Å². The van der Waals surface area contributed by atoms with E-state index in [0.717, 1.165) is 11.5 Å². The van der Waals surface area contributed by atoms with Gasteiger partial charge in [-0.2, -0.15) is 5.26 Å². The molecule has 1 nitrogen and oxygen atoms in total. The second kappa shape index (κ2) is 3.86. The molecule has 0 amide bonds. The number of hydrogen-bond donors (Lipinski definition) is 0. The number of allylic oxidation sites excluding steroid dienone is 1. The maximum Gasteiger partial charge on any atom is 0.140 e. The van der Waals surface area contributed by atoms with Crippen molar-refractivity contribution in [1.82, 2.24) is 0 Å². The van der Waals surface area contributed by atoms with E-state index < -0.39 is 5.82 Å². The van der Waals surface area contributed by atoms with Crippen LogP contribution in [-0.2, 0) is 0 Å². The van der Waals surface area contributed by atoms with Gasteiger partial charge in [-0.3, -0.25) is 0 Å². The minimum atomic E-state index is -0.483. The molecule has 2 heteroatoms. The molecule has 0 saturated carbocycles. The first-order valence-corrected chi connectivity index (χ1v) is 3.85. The highest BCUT2D eigenvalue weighted by Crippen LogP contribution is 2.17. The topological polar surface area (TPSA) is 23.8 Å². The zero-order valence-electron chi connectivity index (χ0n) is 7.34. The quantitative estimate of drug-likeness (QED) is 0.676. The van der Waals surface area contributed by atoms with Crippen molar-refractivity contribution >= 4 is 0 Å². The minimum absolute atomic E-state index is 0.0682. The maximum absolute atomic E-state index is 12.9. The molecule has 0 fully saturated rings. The van der Waals surface area contributed by atoms with Crippen molar-refractivity contribution < 1.29 is 4.39 Å². The van der Waals surface area contributed by atoms with Crippen molar-refractivity contribution in [3.8, 4) is 6.07 Å². The summed E-state index contributed by atoms with van der Waals surface area (Å²) in [7, 11) is 0. The van der Waals surface area contributed by atoms with E-state index in [2.05, 4.69) is 6.58 Å². The fourth-order valence-corrected chi connectivity index (χ4v) is 0.974. The van der Waals surface area contributed by atoms with Gasteiger partial charge in [-0.15, -0.1) is 6.58 Å². The van der Waals surface area contributed by atoms with Gasteiger partial charge in [0.2, 0.25) is 0 Å². The molecule has 0 aliphatic heterocycles. The highest BCUT2D eigenvalue weighted by Gasteiger charge is 2.06. The zero-order chi connectivity index (χ0) is 9.84. The molecule has 0 aromatic heterocycles. The van der Waals surface area contributed by atoms with Crippen LogP contribution >= 0.6 is 0 Å². The lowest BCUT2D eigenvalue weighted by molar-refractivity contribution is 0.623. The molecule has 0 aliphatic rings. The molecule has 13 heavy (non-hydrogen) atoms. The molecule has 0 spiro atoms. The molecular formula is C11H9FN. The maximum atomic E-state index is 12.9. The van der Waals surface area contributed by atoms with Crippen molar-refractivity contribution in [2.24, 2.45) is 0 Å². The lowest BCUT2D eigenvalue weighted by atomic mass is 9.99. The monoisotopic (exact) mass is 174 g/mol. The summed E-state index contributed by atoms with van der Waals surface area (Å²) >= 11 is 0. The lowest BCUT2D eigenvalue weighted by Crippen LogP contribution is -1.92. The fraction of sp³-hybridized carbons (Fsp3) is 0.0909. The van der Waals surface area contributed by atoms with Gasteiger partial charge in [-0.25, -0.2) is 4.39 Å². The van der Waals surface area contributed by atoms with Gasteiger partial charge < -0.3 is 0 Å². The Morgan fingerprint density at radius 3 is 2.85 bits per heavy atom. The SMILES string of the molecule is C=C[C](C)c1ccc(F)c(C#N)c1. The van der Waals surface area contributed by atoms with E-state index in [4.69, 9.17) is 5.26 Å². The van der Waals surface area contributed by atoms with Crippen LogP contribution in [0, 0.1) is 23.1 Å². The van der Waals surface area contributed by atoms with Crippen LogP contribution in [0.25, 0.3) is 0 Å². The van der Waals surface area contributed by atoms with Gasteiger partial charge in [-0.05, 0) is 17.7 Å². The Balaban J connectivity index is 3.15. The molecule has 0 heterocycles. The van der Waals surface area contributed by atoms with E-state index in [1.165, 1.54) is 12.1 Å². The van der Waals surface area contributed by atoms with Crippen molar-refractivity contribution in [3.63, 3.8) is 0 Å². The fourth-order valence-electron chi connectivity index (χ4n) is 0.974. The van der Waals surface area contributed by atoms with E-state index in [-0.39, 0.29) is 5.56 Å². The Morgan fingerprint density at radius 2 is 2.31 bits per heavy atom. The average molecular weight is 174 g/mol. The summed E-state index contributed by atoms with van der Waals surface area (Å²) in [5.41, 5.74) is 0.895. The highest BCUT2D eigenvalue weighted by atomic mass is 19.1. The summed E-state index contributed by atoms with van der Waals surface area (Å²) in [6, 6.07) is 6.24. The first kappa shape index (κ1) is 9.47. The second-order valence-electron chi connectivity index (χ2n) is 2.69. The summed E-state index contributed by atoms with van der Waals surface area (Å²) in [4.78, 5) is 0. The van der Waals surface area contributed by atoms with Crippen LogP contribution in [0.4, 0.5) is 4.39 Å².